The van der Waals surface area contributed by atoms with Gasteiger partial charge in [0.2, 0.25) is 0 Å². The smallest absolute Gasteiger partial charge is 0.332 e. The lowest BCUT2D eigenvalue weighted by Crippen LogP contribution is -2.25. The molecule has 2 rings (SSSR count). The van der Waals surface area contributed by atoms with Crippen molar-refractivity contribution >= 4 is 31.7 Å². The molecule has 1 aliphatic heterocycles. The van der Waals surface area contributed by atoms with Crippen LogP contribution in [0.3, 0.4) is 0 Å². The Morgan fingerprint density at radius 1 is 1.37 bits per heavy atom. The molecule has 0 aromatic heterocycles. The maximum Gasteiger partial charge on any atom is 0.332 e. The average molecular weight is 349 g/mol. The summed E-state index contributed by atoms with van der Waals surface area (Å²) < 4.78 is 30.2. The fourth-order valence-electron chi connectivity index (χ4n) is 2.04. The molecule has 5 nitrogen and oxygen atoms in total. The number of carbonyl (C=O) groups is 1. The number of benzene rings is 1. The summed E-state index contributed by atoms with van der Waals surface area (Å²) in [6.07, 6.45) is -0.649. The van der Waals surface area contributed by atoms with Crippen LogP contribution >= 0.6 is 15.9 Å². The molecule has 0 spiro atoms. The first-order valence-corrected chi connectivity index (χ1v) is 8.20. The number of aliphatic carboxylic acids is 1. The first-order valence-electron chi connectivity index (χ1n) is 5.76. The zero-order chi connectivity index (χ0) is 14.0. The van der Waals surface area contributed by atoms with E-state index in [-0.39, 0.29) is 10.6 Å². The third-order valence-electron chi connectivity index (χ3n) is 2.96. The summed E-state index contributed by atoms with van der Waals surface area (Å²) in [6.45, 7) is 0. The molecule has 0 saturated carbocycles. The van der Waals surface area contributed by atoms with Crippen LogP contribution < -0.4 is 0 Å². The lowest BCUT2D eigenvalue weighted by molar-refractivity contribution is -0.148. The van der Waals surface area contributed by atoms with E-state index in [2.05, 4.69) is 15.9 Å². The van der Waals surface area contributed by atoms with Crippen LogP contribution in [-0.4, -0.2) is 37.5 Å². The molecule has 1 saturated heterocycles. The predicted molar refractivity (Wildman–Crippen MR) is 71.7 cm³/mol. The highest BCUT2D eigenvalue weighted by atomic mass is 79.9. The van der Waals surface area contributed by atoms with Gasteiger partial charge in [-0.25, -0.2) is 13.2 Å². The highest BCUT2D eigenvalue weighted by molar-refractivity contribution is 9.10. The molecule has 2 atom stereocenters. The minimum Gasteiger partial charge on any atom is -0.479 e. The van der Waals surface area contributed by atoms with E-state index in [1.807, 2.05) is 0 Å². The average Bonchev–Trinajstić information content (AvgIpc) is 2.77. The Balaban J connectivity index is 2.11. The molecule has 1 N–H and O–H groups in total. The van der Waals surface area contributed by atoms with Gasteiger partial charge in [0.05, 0.1) is 16.8 Å². The van der Waals surface area contributed by atoms with Crippen molar-refractivity contribution in [2.24, 2.45) is 0 Å². The highest BCUT2D eigenvalue weighted by Gasteiger charge is 2.34. The Kier molecular flexibility index (Phi) is 4.27. The van der Waals surface area contributed by atoms with Crippen LogP contribution in [-0.2, 0) is 19.4 Å². The van der Waals surface area contributed by atoms with Crippen LogP contribution in [0.25, 0.3) is 0 Å². The Labute approximate surface area is 119 Å². The van der Waals surface area contributed by atoms with Gasteiger partial charge in [-0.3, -0.25) is 0 Å². The normalized spacial score (nSPS) is 23.4. The second-order valence-corrected chi connectivity index (χ2v) is 7.23. The molecular weight excluding hydrogens is 336 g/mol. The fourth-order valence-corrected chi connectivity index (χ4v) is 4.63. The minimum absolute atomic E-state index is 0.195. The second kappa shape index (κ2) is 5.60. The van der Waals surface area contributed by atoms with E-state index in [4.69, 9.17) is 9.84 Å². The lowest BCUT2D eigenvalue weighted by atomic mass is 10.2. The van der Waals surface area contributed by atoms with Gasteiger partial charge in [0.1, 0.15) is 0 Å². The molecule has 2 unspecified atom stereocenters. The molecule has 19 heavy (non-hydrogen) atoms. The minimum atomic E-state index is -3.49. The lowest BCUT2D eigenvalue weighted by Gasteiger charge is -2.12. The van der Waals surface area contributed by atoms with E-state index in [1.165, 1.54) is 6.07 Å². The summed E-state index contributed by atoms with van der Waals surface area (Å²) in [4.78, 5) is 11.0. The topological polar surface area (TPSA) is 80.7 Å². The zero-order valence-electron chi connectivity index (χ0n) is 9.95. The molecule has 1 aromatic rings. The van der Waals surface area contributed by atoms with Gasteiger partial charge in [-0.1, -0.05) is 12.1 Å². The standard InChI is InChI=1S/C12H13BrO5S/c13-9-3-1-2-4-11(9)19(16,17)7-8-5-6-10(18-8)12(14)15/h1-4,8,10H,5-7H2,(H,14,15). The van der Waals surface area contributed by atoms with E-state index in [0.717, 1.165) is 0 Å². The van der Waals surface area contributed by atoms with Crippen molar-refractivity contribution < 1.29 is 23.1 Å². The molecule has 7 heteroatoms. The number of hydrogen-bond acceptors (Lipinski definition) is 4. The molecule has 1 aliphatic rings. The van der Waals surface area contributed by atoms with Crippen molar-refractivity contribution in [2.75, 3.05) is 5.75 Å². The molecule has 1 aromatic carbocycles. The SMILES string of the molecule is O=C(O)C1CCC(CS(=O)(=O)c2ccccc2Br)O1. The number of carboxylic acids is 1. The van der Waals surface area contributed by atoms with Gasteiger partial charge in [-0.2, -0.15) is 0 Å². The monoisotopic (exact) mass is 348 g/mol. The van der Waals surface area contributed by atoms with Crippen LogP contribution in [0.5, 0.6) is 0 Å². The van der Waals surface area contributed by atoms with Gasteiger partial charge < -0.3 is 9.84 Å². The van der Waals surface area contributed by atoms with Crippen molar-refractivity contribution in [3.05, 3.63) is 28.7 Å². The summed E-state index contributed by atoms with van der Waals surface area (Å²) in [5, 5.41) is 8.81. The van der Waals surface area contributed by atoms with E-state index in [1.54, 1.807) is 18.2 Å². The molecule has 0 aliphatic carbocycles. The molecule has 1 heterocycles. The maximum atomic E-state index is 12.2. The van der Waals surface area contributed by atoms with Gasteiger partial charge in [0, 0.05) is 4.47 Å². The van der Waals surface area contributed by atoms with E-state index >= 15 is 0 Å². The van der Waals surface area contributed by atoms with Gasteiger partial charge in [0.25, 0.3) is 0 Å². The highest BCUT2D eigenvalue weighted by Crippen LogP contribution is 2.27. The summed E-state index contributed by atoms with van der Waals surface area (Å²) in [6, 6.07) is 6.55. The van der Waals surface area contributed by atoms with E-state index < -0.39 is 28.0 Å². The number of sulfone groups is 1. The fraction of sp³-hybridized carbons (Fsp3) is 0.417. The van der Waals surface area contributed by atoms with Crippen molar-refractivity contribution in [3.63, 3.8) is 0 Å². The van der Waals surface area contributed by atoms with Crippen LogP contribution in [0.2, 0.25) is 0 Å². The van der Waals surface area contributed by atoms with Crippen molar-refractivity contribution in [1.82, 2.24) is 0 Å². The van der Waals surface area contributed by atoms with Crippen molar-refractivity contribution in [2.45, 2.75) is 29.9 Å². The number of rotatable bonds is 4. The number of carboxylic acid groups (broad SMARTS) is 1. The van der Waals surface area contributed by atoms with Crippen molar-refractivity contribution in [3.8, 4) is 0 Å². The van der Waals surface area contributed by atoms with Gasteiger partial charge in [0.15, 0.2) is 15.9 Å². The Morgan fingerprint density at radius 2 is 2.05 bits per heavy atom. The van der Waals surface area contributed by atoms with Gasteiger partial charge in [-0.15, -0.1) is 0 Å². The molecular formula is C12H13BrO5S. The zero-order valence-corrected chi connectivity index (χ0v) is 12.4. The first kappa shape index (κ1) is 14.5. The Morgan fingerprint density at radius 3 is 2.63 bits per heavy atom. The molecule has 0 amide bonds. The summed E-state index contributed by atoms with van der Waals surface area (Å²) >= 11 is 3.20. The summed E-state index contributed by atoms with van der Waals surface area (Å²) in [7, 11) is -3.49. The molecule has 0 bridgehead atoms. The van der Waals surface area contributed by atoms with Crippen LogP contribution in [0.4, 0.5) is 0 Å². The molecule has 104 valence electrons. The molecule has 1 fully saturated rings. The predicted octanol–water partition coefficient (Wildman–Crippen LogP) is 1.85. The van der Waals surface area contributed by atoms with Gasteiger partial charge in [-0.05, 0) is 40.9 Å². The summed E-state index contributed by atoms with van der Waals surface area (Å²) in [5.41, 5.74) is 0. The number of halogens is 1. The Bertz CT molecular complexity index is 584. The van der Waals surface area contributed by atoms with Crippen LogP contribution in [0.1, 0.15) is 12.8 Å². The maximum absolute atomic E-state index is 12.2. The quantitative estimate of drug-likeness (QED) is 0.897. The van der Waals surface area contributed by atoms with E-state index in [9.17, 15) is 13.2 Å². The largest absolute Gasteiger partial charge is 0.479 e. The van der Waals surface area contributed by atoms with Gasteiger partial charge >= 0.3 is 5.97 Å². The second-order valence-electron chi connectivity index (χ2n) is 4.37. The molecule has 0 radical (unpaired) electrons. The van der Waals surface area contributed by atoms with Crippen LogP contribution in [0, 0.1) is 0 Å². The van der Waals surface area contributed by atoms with Crippen LogP contribution in [0.15, 0.2) is 33.6 Å². The van der Waals surface area contributed by atoms with Crippen molar-refractivity contribution in [1.29, 1.82) is 0 Å². The first-order chi connectivity index (χ1) is 8.90. The third-order valence-corrected chi connectivity index (χ3v) is 5.75. The number of hydrogen-bond donors (Lipinski definition) is 1. The summed E-state index contributed by atoms with van der Waals surface area (Å²) in [5.74, 6) is -1.24. The van der Waals surface area contributed by atoms with E-state index in [0.29, 0.717) is 17.3 Å². The Hall–Kier alpha value is -0.920. The third kappa shape index (κ3) is 3.34. The number of ether oxygens (including phenoxy) is 1.